The lowest BCUT2D eigenvalue weighted by atomic mass is 10.0. The van der Waals surface area contributed by atoms with Gasteiger partial charge in [-0.2, -0.15) is 0 Å². The van der Waals surface area contributed by atoms with Crippen molar-refractivity contribution in [3.8, 4) is 0 Å². The quantitative estimate of drug-likeness (QED) is 0.843. The van der Waals surface area contributed by atoms with Gasteiger partial charge >= 0.3 is 0 Å². The summed E-state index contributed by atoms with van der Waals surface area (Å²) in [6.07, 6.45) is 3.68. The molecule has 3 rings (SSSR count). The van der Waals surface area contributed by atoms with E-state index < -0.39 is 0 Å². The Kier molecular flexibility index (Phi) is 3.73. The van der Waals surface area contributed by atoms with Crippen LogP contribution in [-0.2, 0) is 11.3 Å². The second-order valence-electron chi connectivity index (χ2n) is 5.78. The number of nitrogens with zero attached hydrogens (tertiary/aromatic N) is 3. The second-order valence-corrected chi connectivity index (χ2v) is 5.78. The average molecular weight is 285 g/mol. The van der Waals surface area contributed by atoms with E-state index in [0.29, 0.717) is 16.8 Å². The summed E-state index contributed by atoms with van der Waals surface area (Å²) in [5.41, 5.74) is 0.511. The monoisotopic (exact) mass is 285 g/mol. The Labute approximate surface area is 123 Å². The molecule has 1 aliphatic heterocycles. The minimum absolute atomic E-state index is 0.000677. The standard InChI is InChI=1S/C16H19N3O2/c1-12-5-4-8-18(9-12)15(20)10-19-11-17-14-7-3-2-6-13(14)16(19)21/h2-3,6-7,11-12H,4-5,8-10H2,1H3/t12-/m0/s1. The van der Waals surface area contributed by atoms with E-state index >= 15 is 0 Å². The predicted octanol–water partition coefficient (Wildman–Crippen LogP) is 1.66. The van der Waals surface area contributed by atoms with Gasteiger partial charge in [0.25, 0.3) is 5.56 Å². The molecule has 2 aromatic rings. The Morgan fingerprint density at radius 2 is 2.19 bits per heavy atom. The Morgan fingerprint density at radius 3 is 3.00 bits per heavy atom. The molecule has 0 radical (unpaired) electrons. The molecule has 0 aliphatic carbocycles. The summed E-state index contributed by atoms with van der Waals surface area (Å²) in [5, 5.41) is 0.555. The normalized spacial score (nSPS) is 18.9. The molecule has 110 valence electrons. The lowest BCUT2D eigenvalue weighted by Gasteiger charge is -2.31. The van der Waals surface area contributed by atoms with Crippen LogP contribution in [0, 0.1) is 5.92 Å². The van der Waals surface area contributed by atoms with Gasteiger partial charge in [0.15, 0.2) is 0 Å². The molecule has 5 heteroatoms. The average Bonchev–Trinajstić information content (AvgIpc) is 2.50. The summed E-state index contributed by atoms with van der Waals surface area (Å²) in [6, 6.07) is 7.20. The number of carbonyl (C=O) groups excluding carboxylic acids is 1. The van der Waals surface area contributed by atoms with Gasteiger partial charge in [-0.1, -0.05) is 19.1 Å². The van der Waals surface area contributed by atoms with Crippen molar-refractivity contribution in [2.45, 2.75) is 26.3 Å². The Balaban J connectivity index is 1.83. The molecule has 0 spiro atoms. The third kappa shape index (κ3) is 2.82. The Morgan fingerprint density at radius 1 is 1.38 bits per heavy atom. The smallest absolute Gasteiger partial charge is 0.261 e. The van der Waals surface area contributed by atoms with Gasteiger partial charge in [-0.05, 0) is 30.9 Å². The van der Waals surface area contributed by atoms with Crippen LogP contribution in [0.3, 0.4) is 0 Å². The molecule has 1 atom stereocenters. The first-order valence-corrected chi connectivity index (χ1v) is 7.37. The molecule has 1 amide bonds. The maximum Gasteiger partial charge on any atom is 0.261 e. The number of likely N-dealkylation sites (tertiary alicyclic amines) is 1. The maximum absolute atomic E-state index is 12.4. The Hall–Kier alpha value is -2.17. The Bertz CT molecular complexity index is 723. The number of piperidine rings is 1. The van der Waals surface area contributed by atoms with Crippen molar-refractivity contribution in [2.24, 2.45) is 5.92 Å². The molecule has 5 nitrogen and oxygen atoms in total. The summed E-state index contributed by atoms with van der Waals surface area (Å²) in [7, 11) is 0. The number of rotatable bonds is 2. The minimum Gasteiger partial charge on any atom is -0.341 e. The van der Waals surface area contributed by atoms with Crippen molar-refractivity contribution in [3.63, 3.8) is 0 Å². The lowest BCUT2D eigenvalue weighted by molar-refractivity contribution is -0.133. The van der Waals surface area contributed by atoms with Crippen molar-refractivity contribution in [1.82, 2.24) is 14.5 Å². The number of fused-ring (bicyclic) bond motifs is 1. The van der Waals surface area contributed by atoms with Crippen LogP contribution >= 0.6 is 0 Å². The molecule has 21 heavy (non-hydrogen) atoms. The third-order valence-corrected chi connectivity index (χ3v) is 4.05. The topological polar surface area (TPSA) is 55.2 Å². The molecular formula is C16H19N3O2. The number of amides is 1. The van der Waals surface area contributed by atoms with Crippen LogP contribution in [0.25, 0.3) is 10.9 Å². The van der Waals surface area contributed by atoms with Gasteiger partial charge in [-0.3, -0.25) is 14.2 Å². The lowest BCUT2D eigenvalue weighted by Crippen LogP contribution is -2.42. The molecule has 1 aliphatic rings. The van der Waals surface area contributed by atoms with E-state index in [4.69, 9.17) is 0 Å². The summed E-state index contributed by atoms with van der Waals surface area (Å²) >= 11 is 0. The minimum atomic E-state index is -0.154. The van der Waals surface area contributed by atoms with E-state index in [9.17, 15) is 9.59 Å². The molecule has 0 saturated carbocycles. The van der Waals surface area contributed by atoms with Gasteiger partial charge < -0.3 is 4.90 Å². The van der Waals surface area contributed by atoms with Crippen LogP contribution in [0.5, 0.6) is 0 Å². The van der Waals surface area contributed by atoms with Crippen molar-refractivity contribution >= 4 is 16.8 Å². The number of carbonyl (C=O) groups is 1. The predicted molar refractivity (Wildman–Crippen MR) is 81.0 cm³/mol. The molecular weight excluding hydrogens is 266 g/mol. The second kappa shape index (κ2) is 5.68. The van der Waals surface area contributed by atoms with Crippen LogP contribution in [0.1, 0.15) is 19.8 Å². The van der Waals surface area contributed by atoms with Crippen molar-refractivity contribution in [1.29, 1.82) is 0 Å². The first-order chi connectivity index (χ1) is 10.1. The SMILES string of the molecule is C[C@H]1CCCN(C(=O)Cn2cnc3ccccc3c2=O)C1. The number of hydrogen-bond acceptors (Lipinski definition) is 3. The van der Waals surface area contributed by atoms with Crippen molar-refractivity contribution in [2.75, 3.05) is 13.1 Å². The van der Waals surface area contributed by atoms with Crippen LogP contribution in [0.15, 0.2) is 35.4 Å². The molecule has 0 N–H and O–H groups in total. The third-order valence-electron chi connectivity index (χ3n) is 4.05. The molecule has 1 fully saturated rings. The highest BCUT2D eigenvalue weighted by molar-refractivity contribution is 5.79. The van der Waals surface area contributed by atoms with Gasteiger partial charge in [-0.15, -0.1) is 0 Å². The van der Waals surface area contributed by atoms with E-state index in [2.05, 4.69) is 11.9 Å². The summed E-state index contributed by atoms with van der Waals surface area (Å²) in [6.45, 7) is 3.81. The van der Waals surface area contributed by atoms with Crippen molar-refractivity contribution < 1.29 is 4.79 Å². The number of aromatic nitrogens is 2. The summed E-state index contributed by atoms with van der Waals surface area (Å²) in [4.78, 5) is 30.8. The van der Waals surface area contributed by atoms with Gasteiger partial charge in [0, 0.05) is 13.1 Å². The first kappa shape index (κ1) is 13.8. The van der Waals surface area contributed by atoms with E-state index in [0.717, 1.165) is 19.5 Å². The van der Waals surface area contributed by atoms with Gasteiger partial charge in [0.2, 0.25) is 5.91 Å². The van der Waals surface area contributed by atoms with E-state index in [1.807, 2.05) is 17.0 Å². The molecule has 0 unspecified atom stereocenters. The van der Waals surface area contributed by atoms with E-state index in [1.165, 1.54) is 17.3 Å². The largest absolute Gasteiger partial charge is 0.341 e. The molecule has 1 saturated heterocycles. The van der Waals surface area contributed by atoms with Crippen molar-refractivity contribution in [3.05, 3.63) is 40.9 Å². The summed E-state index contributed by atoms with van der Waals surface area (Å²) < 4.78 is 1.41. The van der Waals surface area contributed by atoms with Crippen LogP contribution in [-0.4, -0.2) is 33.4 Å². The highest BCUT2D eigenvalue weighted by Crippen LogP contribution is 2.15. The zero-order valence-corrected chi connectivity index (χ0v) is 12.2. The van der Waals surface area contributed by atoms with Gasteiger partial charge in [0.05, 0.1) is 17.2 Å². The first-order valence-electron chi connectivity index (χ1n) is 7.37. The fraction of sp³-hybridized carbons (Fsp3) is 0.438. The zero-order valence-electron chi connectivity index (χ0n) is 12.2. The van der Waals surface area contributed by atoms with Gasteiger partial charge in [0.1, 0.15) is 6.54 Å². The number of hydrogen-bond donors (Lipinski definition) is 0. The van der Waals surface area contributed by atoms with Crippen LogP contribution in [0.2, 0.25) is 0 Å². The fourth-order valence-electron chi connectivity index (χ4n) is 2.88. The zero-order chi connectivity index (χ0) is 14.8. The number of benzene rings is 1. The van der Waals surface area contributed by atoms with Crippen LogP contribution in [0.4, 0.5) is 0 Å². The number of para-hydroxylation sites is 1. The van der Waals surface area contributed by atoms with Crippen LogP contribution < -0.4 is 5.56 Å². The molecule has 1 aromatic carbocycles. The maximum atomic E-state index is 12.4. The summed E-state index contributed by atoms with van der Waals surface area (Å²) in [5.74, 6) is 0.537. The fourth-order valence-corrected chi connectivity index (χ4v) is 2.88. The highest BCUT2D eigenvalue weighted by atomic mass is 16.2. The van der Waals surface area contributed by atoms with Gasteiger partial charge in [-0.25, -0.2) is 4.98 Å². The highest BCUT2D eigenvalue weighted by Gasteiger charge is 2.21. The molecule has 2 heterocycles. The molecule has 1 aromatic heterocycles. The van der Waals surface area contributed by atoms with E-state index in [-0.39, 0.29) is 18.0 Å². The van der Waals surface area contributed by atoms with E-state index in [1.54, 1.807) is 12.1 Å². The molecule has 0 bridgehead atoms.